The zero-order chi connectivity index (χ0) is 16.4. The van der Waals surface area contributed by atoms with Gasteiger partial charge in [0.1, 0.15) is 11.3 Å². The Labute approximate surface area is 136 Å². The van der Waals surface area contributed by atoms with Crippen molar-refractivity contribution in [2.45, 2.75) is 38.3 Å². The molecule has 1 heterocycles. The molecule has 2 aromatic rings. The zero-order valence-corrected chi connectivity index (χ0v) is 13.7. The van der Waals surface area contributed by atoms with Crippen molar-refractivity contribution in [2.24, 2.45) is 5.92 Å². The van der Waals surface area contributed by atoms with Crippen LogP contribution in [0, 0.1) is 5.92 Å². The van der Waals surface area contributed by atoms with Gasteiger partial charge in [-0.05, 0) is 44.2 Å². The number of fused-ring (bicyclic) bond motifs is 1. The Morgan fingerprint density at radius 1 is 1.43 bits per heavy atom. The van der Waals surface area contributed by atoms with E-state index in [1.807, 2.05) is 30.3 Å². The lowest BCUT2D eigenvalue weighted by Crippen LogP contribution is -2.41. The van der Waals surface area contributed by atoms with E-state index in [9.17, 15) is 9.90 Å². The first-order chi connectivity index (χ1) is 11.0. The van der Waals surface area contributed by atoms with Gasteiger partial charge in [-0.2, -0.15) is 0 Å². The molecule has 0 radical (unpaired) electrons. The second-order valence-corrected chi connectivity index (χ2v) is 6.51. The quantitative estimate of drug-likeness (QED) is 0.859. The molecule has 0 aliphatic heterocycles. The number of furan rings is 1. The highest BCUT2D eigenvalue weighted by Gasteiger charge is 2.36. The largest absolute Gasteiger partial charge is 0.459 e. The van der Waals surface area contributed by atoms with Crippen molar-refractivity contribution in [2.75, 3.05) is 13.6 Å². The fourth-order valence-electron chi connectivity index (χ4n) is 2.73. The minimum absolute atomic E-state index is 0.0797. The molecule has 3 rings (SSSR count). The van der Waals surface area contributed by atoms with E-state index in [0.717, 1.165) is 29.6 Å². The van der Waals surface area contributed by atoms with Gasteiger partial charge in [0.2, 0.25) is 0 Å². The molecular weight excluding hydrogens is 292 g/mol. The standard InChI is InChI=1S/C18H24N2O3/c1-12(21)9-10-20(2)18(22)19-17(13-7-8-13)16-11-14-5-3-4-6-15(14)23-16/h3-6,11-13,17,21H,7-10H2,1-2H3,(H,19,22)/t12-,17-/m1/s1. The van der Waals surface area contributed by atoms with Crippen molar-refractivity contribution in [3.8, 4) is 0 Å². The number of nitrogens with zero attached hydrogens (tertiary/aromatic N) is 1. The molecule has 1 aliphatic rings. The molecule has 2 N–H and O–H groups in total. The number of carbonyl (C=O) groups excluding carboxylic acids is 1. The fourth-order valence-corrected chi connectivity index (χ4v) is 2.73. The third-order valence-corrected chi connectivity index (χ3v) is 4.35. The van der Waals surface area contributed by atoms with Crippen LogP contribution in [0.5, 0.6) is 0 Å². The van der Waals surface area contributed by atoms with Gasteiger partial charge < -0.3 is 19.7 Å². The van der Waals surface area contributed by atoms with E-state index >= 15 is 0 Å². The maximum Gasteiger partial charge on any atom is 0.317 e. The molecule has 1 fully saturated rings. The van der Waals surface area contributed by atoms with Crippen LogP contribution in [0.4, 0.5) is 4.79 Å². The molecule has 23 heavy (non-hydrogen) atoms. The fraction of sp³-hybridized carbons (Fsp3) is 0.500. The molecule has 1 aliphatic carbocycles. The predicted molar refractivity (Wildman–Crippen MR) is 89.1 cm³/mol. The number of urea groups is 1. The molecule has 0 saturated heterocycles. The molecule has 1 aromatic heterocycles. The summed E-state index contributed by atoms with van der Waals surface area (Å²) in [5.41, 5.74) is 0.852. The zero-order valence-electron chi connectivity index (χ0n) is 13.7. The lowest BCUT2D eigenvalue weighted by Gasteiger charge is -2.23. The smallest absolute Gasteiger partial charge is 0.317 e. The van der Waals surface area contributed by atoms with Crippen LogP contribution >= 0.6 is 0 Å². The molecule has 0 spiro atoms. The number of nitrogens with one attached hydrogen (secondary N) is 1. The maximum atomic E-state index is 12.4. The number of benzene rings is 1. The Bertz CT molecular complexity index is 643. The Kier molecular flexibility index (Phi) is 4.57. The van der Waals surface area contributed by atoms with Crippen LogP contribution in [-0.2, 0) is 0 Å². The molecule has 5 heteroatoms. The lowest BCUT2D eigenvalue weighted by atomic mass is 10.1. The van der Waals surface area contributed by atoms with Gasteiger partial charge in [-0.3, -0.25) is 0 Å². The second kappa shape index (κ2) is 6.62. The van der Waals surface area contributed by atoms with Crippen LogP contribution in [0.25, 0.3) is 11.0 Å². The monoisotopic (exact) mass is 316 g/mol. The van der Waals surface area contributed by atoms with E-state index in [1.54, 1.807) is 18.9 Å². The van der Waals surface area contributed by atoms with Gasteiger partial charge in [-0.25, -0.2) is 4.79 Å². The van der Waals surface area contributed by atoms with E-state index in [1.165, 1.54) is 0 Å². The van der Waals surface area contributed by atoms with Gasteiger partial charge in [-0.15, -0.1) is 0 Å². The number of aliphatic hydroxyl groups is 1. The van der Waals surface area contributed by atoms with E-state index in [0.29, 0.717) is 18.9 Å². The number of aliphatic hydroxyl groups excluding tert-OH is 1. The first-order valence-electron chi connectivity index (χ1n) is 8.23. The van der Waals surface area contributed by atoms with Gasteiger partial charge in [0.05, 0.1) is 12.1 Å². The minimum atomic E-state index is -0.403. The average Bonchev–Trinajstić information content (AvgIpc) is 3.27. The normalized spacial score (nSPS) is 17.0. The van der Waals surface area contributed by atoms with E-state index < -0.39 is 6.10 Å². The Morgan fingerprint density at radius 2 is 2.17 bits per heavy atom. The van der Waals surface area contributed by atoms with Crippen LogP contribution in [0.2, 0.25) is 0 Å². The van der Waals surface area contributed by atoms with Crippen molar-refractivity contribution in [3.63, 3.8) is 0 Å². The van der Waals surface area contributed by atoms with Crippen molar-refractivity contribution in [3.05, 3.63) is 36.1 Å². The highest BCUT2D eigenvalue weighted by atomic mass is 16.3. The van der Waals surface area contributed by atoms with Gasteiger partial charge >= 0.3 is 6.03 Å². The summed E-state index contributed by atoms with van der Waals surface area (Å²) in [6, 6.07) is 9.71. The van der Waals surface area contributed by atoms with E-state index in [-0.39, 0.29) is 12.1 Å². The van der Waals surface area contributed by atoms with E-state index in [2.05, 4.69) is 5.32 Å². The molecule has 5 nitrogen and oxygen atoms in total. The third-order valence-electron chi connectivity index (χ3n) is 4.35. The van der Waals surface area contributed by atoms with Crippen LogP contribution in [-0.4, -0.2) is 35.7 Å². The minimum Gasteiger partial charge on any atom is -0.459 e. The molecule has 1 saturated carbocycles. The van der Waals surface area contributed by atoms with Gasteiger partial charge in [-0.1, -0.05) is 18.2 Å². The molecule has 0 bridgehead atoms. The molecule has 2 amide bonds. The Hall–Kier alpha value is -2.01. The number of amides is 2. The third kappa shape index (κ3) is 3.85. The van der Waals surface area contributed by atoms with Crippen LogP contribution in [0.15, 0.2) is 34.7 Å². The van der Waals surface area contributed by atoms with Crippen molar-refractivity contribution in [1.29, 1.82) is 0 Å². The molecule has 124 valence electrons. The predicted octanol–water partition coefficient (Wildman–Crippen LogP) is 3.30. The van der Waals surface area contributed by atoms with Gasteiger partial charge in [0.15, 0.2) is 0 Å². The van der Waals surface area contributed by atoms with E-state index in [4.69, 9.17) is 4.42 Å². The summed E-state index contributed by atoms with van der Waals surface area (Å²) < 4.78 is 5.94. The Balaban J connectivity index is 1.70. The first-order valence-corrected chi connectivity index (χ1v) is 8.23. The molecule has 0 unspecified atom stereocenters. The maximum absolute atomic E-state index is 12.4. The summed E-state index contributed by atoms with van der Waals surface area (Å²) in [7, 11) is 1.75. The van der Waals surface area contributed by atoms with Crippen molar-refractivity contribution < 1.29 is 14.3 Å². The van der Waals surface area contributed by atoms with Crippen LogP contribution in [0.1, 0.15) is 38.0 Å². The number of hydrogen-bond donors (Lipinski definition) is 2. The van der Waals surface area contributed by atoms with Crippen molar-refractivity contribution in [1.82, 2.24) is 10.2 Å². The van der Waals surface area contributed by atoms with Gasteiger partial charge in [0, 0.05) is 19.0 Å². The lowest BCUT2D eigenvalue weighted by molar-refractivity contribution is 0.161. The van der Waals surface area contributed by atoms with Crippen LogP contribution in [0.3, 0.4) is 0 Å². The summed E-state index contributed by atoms with van der Waals surface area (Å²) in [5, 5.41) is 13.5. The highest BCUT2D eigenvalue weighted by Crippen LogP contribution is 2.42. The van der Waals surface area contributed by atoms with Gasteiger partial charge in [0.25, 0.3) is 0 Å². The molecule has 1 aromatic carbocycles. The highest BCUT2D eigenvalue weighted by molar-refractivity contribution is 5.78. The summed E-state index contributed by atoms with van der Waals surface area (Å²) in [5.74, 6) is 1.27. The average molecular weight is 316 g/mol. The summed E-state index contributed by atoms with van der Waals surface area (Å²) in [4.78, 5) is 14.0. The topological polar surface area (TPSA) is 65.7 Å². The molecular formula is C18H24N2O3. The number of hydrogen-bond acceptors (Lipinski definition) is 3. The number of rotatable bonds is 6. The van der Waals surface area contributed by atoms with Crippen molar-refractivity contribution >= 4 is 17.0 Å². The SMILES string of the molecule is C[C@@H](O)CCN(C)C(=O)N[C@@H](c1cc2ccccc2o1)C1CC1. The number of carbonyl (C=O) groups is 1. The number of para-hydroxylation sites is 1. The van der Waals surface area contributed by atoms with Crippen LogP contribution < -0.4 is 5.32 Å². The Morgan fingerprint density at radius 3 is 2.83 bits per heavy atom. The molecule has 2 atom stereocenters. The summed E-state index contributed by atoms with van der Waals surface area (Å²) in [6.07, 6.45) is 2.39. The second-order valence-electron chi connectivity index (χ2n) is 6.51. The first kappa shape index (κ1) is 15.9. The summed E-state index contributed by atoms with van der Waals surface area (Å²) in [6.45, 7) is 2.26. The summed E-state index contributed by atoms with van der Waals surface area (Å²) >= 11 is 0.